The normalized spacial score (nSPS) is 9.17. The summed E-state index contributed by atoms with van der Waals surface area (Å²) in [7, 11) is 0. The summed E-state index contributed by atoms with van der Waals surface area (Å²) >= 11 is 0. The Morgan fingerprint density at radius 3 is 2.78 bits per heavy atom. The van der Waals surface area contributed by atoms with E-state index in [-0.39, 0.29) is 17.7 Å². The Balaban J connectivity index is 2.80. The summed E-state index contributed by atoms with van der Waals surface area (Å²) in [5.74, 6) is 3.97. The van der Waals surface area contributed by atoms with Gasteiger partial charge >= 0.3 is 5.97 Å². The SMILES string of the molecule is CCOC(=O)CC#Cc1ccc(O)c(C(N)=O)c1. The molecule has 0 atom stereocenters. The number of aromatic hydroxyl groups is 1. The third-order valence-electron chi connectivity index (χ3n) is 2.03. The smallest absolute Gasteiger partial charge is 0.317 e. The molecule has 1 amide bonds. The number of rotatable bonds is 3. The molecule has 0 radical (unpaired) electrons. The molecule has 0 aliphatic heterocycles. The first-order valence-corrected chi connectivity index (χ1v) is 5.32. The number of esters is 1. The van der Waals surface area contributed by atoms with Crippen molar-refractivity contribution in [1.82, 2.24) is 0 Å². The Morgan fingerprint density at radius 1 is 1.44 bits per heavy atom. The van der Waals surface area contributed by atoms with Gasteiger partial charge < -0.3 is 15.6 Å². The van der Waals surface area contributed by atoms with Crippen LogP contribution in [0.25, 0.3) is 0 Å². The lowest BCUT2D eigenvalue weighted by Gasteiger charge is -2.00. The number of carbonyl (C=O) groups excluding carboxylic acids is 2. The van der Waals surface area contributed by atoms with Gasteiger partial charge in [-0.1, -0.05) is 11.8 Å². The molecule has 0 spiro atoms. The van der Waals surface area contributed by atoms with Crippen molar-refractivity contribution in [3.05, 3.63) is 29.3 Å². The van der Waals surface area contributed by atoms with Gasteiger partial charge in [0.2, 0.25) is 0 Å². The van der Waals surface area contributed by atoms with Crippen LogP contribution in [0.2, 0.25) is 0 Å². The zero-order valence-corrected chi connectivity index (χ0v) is 9.90. The van der Waals surface area contributed by atoms with E-state index in [0.717, 1.165) is 0 Å². The van der Waals surface area contributed by atoms with Crippen molar-refractivity contribution in [1.29, 1.82) is 0 Å². The Bertz CT molecular complexity index is 526. The number of ether oxygens (including phenoxy) is 1. The molecule has 0 saturated heterocycles. The number of nitrogens with two attached hydrogens (primary N) is 1. The van der Waals surface area contributed by atoms with Crippen LogP contribution in [-0.4, -0.2) is 23.6 Å². The van der Waals surface area contributed by atoms with Crippen LogP contribution < -0.4 is 5.73 Å². The Hall–Kier alpha value is -2.48. The van der Waals surface area contributed by atoms with Crippen LogP contribution in [0.1, 0.15) is 29.3 Å². The van der Waals surface area contributed by atoms with E-state index in [4.69, 9.17) is 10.5 Å². The van der Waals surface area contributed by atoms with Gasteiger partial charge in [-0.15, -0.1) is 0 Å². The fraction of sp³-hybridized carbons (Fsp3) is 0.231. The topological polar surface area (TPSA) is 89.6 Å². The van der Waals surface area contributed by atoms with Crippen molar-refractivity contribution >= 4 is 11.9 Å². The molecule has 1 aromatic rings. The molecule has 18 heavy (non-hydrogen) atoms. The molecule has 1 rings (SSSR count). The van der Waals surface area contributed by atoms with Crippen LogP contribution in [0.5, 0.6) is 5.75 Å². The predicted molar refractivity (Wildman–Crippen MR) is 64.8 cm³/mol. The van der Waals surface area contributed by atoms with Gasteiger partial charge in [0.25, 0.3) is 5.91 Å². The lowest BCUT2D eigenvalue weighted by Crippen LogP contribution is -2.11. The van der Waals surface area contributed by atoms with Crippen LogP contribution in [0.15, 0.2) is 18.2 Å². The monoisotopic (exact) mass is 247 g/mol. The van der Waals surface area contributed by atoms with E-state index in [9.17, 15) is 14.7 Å². The summed E-state index contributed by atoms with van der Waals surface area (Å²) in [6.45, 7) is 2.02. The fourth-order valence-corrected chi connectivity index (χ4v) is 1.24. The van der Waals surface area contributed by atoms with Crippen molar-refractivity contribution in [2.45, 2.75) is 13.3 Å². The minimum atomic E-state index is -0.735. The minimum Gasteiger partial charge on any atom is -0.507 e. The molecule has 0 saturated carbocycles. The molecule has 5 nitrogen and oxygen atoms in total. The van der Waals surface area contributed by atoms with Gasteiger partial charge in [0, 0.05) is 5.56 Å². The summed E-state index contributed by atoms with van der Waals surface area (Å²) < 4.78 is 4.71. The summed E-state index contributed by atoms with van der Waals surface area (Å²) in [5, 5.41) is 9.37. The highest BCUT2D eigenvalue weighted by atomic mass is 16.5. The quantitative estimate of drug-likeness (QED) is 0.610. The van der Waals surface area contributed by atoms with Gasteiger partial charge in [-0.05, 0) is 25.1 Å². The van der Waals surface area contributed by atoms with Crippen LogP contribution in [-0.2, 0) is 9.53 Å². The number of benzene rings is 1. The second-order valence-corrected chi connectivity index (χ2v) is 3.38. The average molecular weight is 247 g/mol. The first-order valence-electron chi connectivity index (χ1n) is 5.32. The van der Waals surface area contributed by atoms with E-state index < -0.39 is 11.9 Å². The van der Waals surface area contributed by atoms with Crippen LogP contribution >= 0.6 is 0 Å². The average Bonchev–Trinajstić information content (AvgIpc) is 2.31. The fourth-order valence-electron chi connectivity index (χ4n) is 1.24. The van der Waals surface area contributed by atoms with Crippen molar-refractivity contribution in [2.75, 3.05) is 6.61 Å². The second-order valence-electron chi connectivity index (χ2n) is 3.38. The maximum absolute atomic E-state index is 11.0. The lowest BCUT2D eigenvalue weighted by molar-refractivity contribution is -0.141. The van der Waals surface area contributed by atoms with E-state index in [1.165, 1.54) is 18.2 Å². The van der Waals surface area contributed by atoms with Gasteiger partial charge in [-0.25, -0.2) is 0 Å². The molecule has 94 valence electrons. The third-order valence-corrected chi connectivity index (χ3v) is 2.03. The summed E-state index contributed by atoms with van der Waals surface area (Å²) in [6, 6.07) is 4.23. The molecule has 5 heteroatoms. The first kappa shape index (κ1) is 13.6. The van der Waals surface area contributed by atoms with Crippen LogP contribution in [0.3, 0.4) is 0 Å². The maximum atomic E-state index is 11.0. The minimum absolute atomic E-state index is 0.00191. The van der Waals surface area contributed by atoms with Crippen molar-refractivity contribution in [2.24, 2.45) is 5.73 Å². The molecule has 1 aromatic carbocycles. The molecule has 0 aliphatic carbocycles. The van der Waals surface area contributed by atoms with Gasteiger partial charge in [-0.3, -0.25) is 9.59 Å². The van der Waals surface area contributed by atoms with Crippen molar-refractivity contribution in [3.63, 3.8) is 0 Å². The van der Waals surface area contributed by atoms with Crippen LogP contribution in [0.4, 0.5) is 0 Å². The predicted octanol–water partition coefficient (Wildman–Crippen LogP) is 0.796. The summed E-state index contributed by atoms with van der Waals surface area (Å²) in [6.07, 6.45) is -0.0272. The highest BCUT2D eigenvalue weighted by molar-refractivity contribution is 5.95. The molecule has 0 bridgehead atoms. The van der Waals surface area contributed by atoms with Gasteiger partial charge in [0.1, 0.15) is 12.2 Å². The Morgan fingerprint density at radius 2 is 2.17 bits per heavy atom. The number of hydrogen-bond donors (Lipinski definition) is 2. The molecule has 3 N–H and O–H groups in total. The summed E-state index contributed by atoms with van der Waals surface area (Å²) in [4.78, 5) is 22.0. The largest absolute Gasteiger partial charge is 0.507 e. The first-order chi connectivity index (χ1) is 8.54. The Labute approximate surface area is 105 Å². The highest BCUT2D eigenvalue weighted by Gasteiger charge is 2.07. The zero-order valence-electron chi connectivity index (χ0n) is 9.90. The number of amides is 1. The standard InChI is InChI=1S/C13H13NO4/c1-2-18-12(16)5-3-4-9-6-7-11(15)10(8-9)13(14)17/h6-8,15H,2,5H2,1H3,(H2,14,17). The van der Waals surface area contributed by atoms with Gasteiger partial charge in [-0.2, -0.15) is 0 Å². The van der Waals surface area contributed by atoms with E-state index >= 15 is 0 Å². The van der Waals surface area contributed by atoms with Crippen molar-refractivity contribution < 1.29 is 19.4 Å². The number of carbonyl (C=O) groups is 2. The summed E-state index contributed by atoms with van der Waals surface area (Å²) in [5.41, 5.74) is 5.57. The highest BCUT2D eigenvalue weighted by Crippen LogP contribution is 2.17. The van der Waals surface area contributed by atoms with E-state index in [0.29, 0.717) is 12.2 Å². The molecule has 0 unspecified atom stereocenters. The maximum Gasteiger partial charge on any atom is 0.317 e. The molecule has 0 aliphatic rings. The van der Waals surface area contributed by atoms with E-state index in [1.807, 2.05) is 0 Å². The molecule has 0 aromatic heterocycles. The number of hydrogen-bond acceptors (Lipinski definition) is 4. The second kappa shape index (κ2) is 6.30. The lowest BCUT2D eigenvalue weighted by atomic mass is 10.1. The molecular weight excluding hydrogens is 234 g/mol. The van der Waals surface area contributed by atoms with Crippen LogP contribution in [0, 0.1) is 11.8 Å². The van der Waals surface area contributed by atoms with E-state index in [1.54, 1.807) is 6.92 Å². The molecule has 0 heterocycles. The van der Waals surface area contributed by atoms with Gasteiger partial charge in [0.15, 0.2) is 0 Å². The number of primary amides is 1. The third kappa shape index (κ3) is 3.83. The molecule has 0 fully saturated rings. The van der Waals surface area contributed by atoms with E-state index in [2.05, 4.69) is 11.8 Å². The zero-order chi connectivity index (χ0) is 13.5. The van der Waals surface area contributed by atoms with Gasteiger partial charge in [0.05, 0.1) is 12.2 Å². The number of phenols is 1. The Kier molecular flexibility index (Phi) is 4.76. The molecular formula is C13H13NO4. The van der Waals surface area contributed by atoms with Crippen molar-refractivity contribution in [3.8, 4) is 17.6 Å².